The number of carbonyl (C=O) groups is 1. The van der Waals surface area contributed by atoms with Gasteiger partial charge in [-0.05, 0) is 30.6 Å². The maximum absolute atomic E-state index is 11.4. The van der Waals surface area contributed by atoms with Gasteiger partial charge in [0, 0.05) is 25.0 Å². The molecule has 2 atom stereocenters. The molecule has 0 aromatic rings. The van der Waals surface area contributed by atoms with E-state index >= 15 is 0 Å². The molecule has 18 heavy (non-hydrogen) atoms. The maximum Gasteiger partial charge on any atom is 0.222 e. The number of amides is 1. The first kappa shape index (κ1) is 15.5. The molecular weight excluding hydrogens is 224 g/mol. The molecular formula is C15H30N2O. The van der Waals surface area contributed by atoms with Crippen LogP contribution in [0.4, 0.5) is 0 Å². The summed E-state index contributed by atoms with van der Waals surface area (Å²) in [5, 5.41) is 6.54. The SMILES string of the molecule is CC1CC(NCCNC(=O)C(C)C)CC(C)(C)C1. The summed E-state index contributed by atoms with van der Waals surface area (Å²) in [6, 6.07) is 0.611. The van der Waals surface area contributed by atoms with Crippen LogP contribution >= 0.6 is 0 Å². The highest BCUT2D eigenvalue weighted by Crippen LogP contribution is 2.38. The van der Waals surface area contributed by atoms with E-state index in [0.717, 1.165) is 19.0 Å². The molecule has 0 radical (unpaired) electrons. The third-order valence-electron chi connectivity index (χ3n) is 3.77. The van der Waals surface area contributed by atoms with Crippen LogP contribution in [0.3, 0.4) is 0 Å². The molecule has 106 valence electrons. The lowest BCUT2D eigenvalue weighted by atomic mass is 9.70. The van der Waals surface area contributed by atoms with Crippen molar-refractivity contribution in [2.45, 2.75) is 59.9 Å². The van der Waals surface area contributed by atoms with Crippen molar-refractivity contribution in [2.75, 3.05) is 13.1 Å². The van der Waals surface area contributed by atoms with Gasteiger partial charge in [0.25, 0.3) is 0 Å². The highest BCUT2D eigenvalue weighted by Gasteiger charge is 2.31. The molecule has 2 unspecified atom stereocenters. The van der Waals surface area contributed by atoms with Crippen LogP contribution in [0.15, 0.2) is 0 Å². The number of hydrogen-bond acceptors (Lipinski definition) is 2. The molecule has 0 aromatic heterocycles. The molecule has 2 N–H and O–H groups in total. The number of carbonyl (C=O) groups excluding carboxylic acids is 1. The topological polar surface area (TPSA) is 41.1 Å². The molecule has 1 amide bonds. The summed E-state index contributed by atoms with van der Waals surface area (Å²) in [5.74, 6) is 1.03. The molecule has 1 fully saturated rings. The first-order chi connectivity index (χ1) is 8.30. The van der Waals surface area contributed by atoms with E-state index in [9.17, 15) is 4.79 Å². The standard InChI is InChI=1S/C15H30N2O/c1-11(2)14(18)17-7-6-16-13-8-12(3)9-15(4,5)10-13/h11-13,16H,6-10H2,1-5H3,(H,17,18). The average molecular weight is 254 g/mol. The summed E-state index contributed by atoms with van der Waals surface area (Å²) < 4.78 is 0. The zero-order chi connectivity index (χ0) is 13.8. The molecule has 0 spiro atoms. The quantitative estimate of drug-likeness (QED) is 0.740. The summed E-state index contributed by atoms with van der Waals surface area (Å²) in [6.45, 7) is 12.5. The van der Waals surface area contributed by atoms with Gasteiger partial charge in [0.05, 0.1) is 0 Å². The van der Waals surface area contributed by atoms with E-state index in [2.05, 4.69) is 31.4 Å². The second-order valence-electron chi connectivity index (χ2n) is 7.01. The van der Waals surface area contributed by atoms with Crippen molar-refractivity contribution in [3.63, 3.8) is 0 Å². The molecule has 0 heterocycles. The van der Waals surface area contributed by atoms with Crippen LogP contribution in [0.2, 0.25) is 0 Å². The molecule has 0 aromatic carbocycles. The van der Waals surface area contributed by atoms with Crippen molar-refractivity contribution in [3.8, 4) is 0 Å². The van der Waals surface area contributed by atoms with Crippen LogP contribution in [-0.4, -0.2) is 25.0 Å². The average Bonchev–Trinajstić information content (AvgIpc) is 2.21. The van der Waals surface area contributed by atoms with Crippen LogP contribution < -0.4 is 10.6 Å². The Labute approximate surface area is 112 Å². The molecule has 1 aliphatic rings. The lowest BCUT2D eigenvalue weighted by Crippen LogP contribution is -2.43. The van der Waals surface area contributed by atoms with Crippen LogP contribution in [0.1, 0.15) is 53.9 Å². The first-order valence-electron chi connectivity index (χ1n) is 7.31. The van der Waals surface area contributed by atoms with Crippen molar-refractivity contribution in [1.29, 1.82) is 0 Å². The Morgan fingerprint density at radius 3 is 2.50 bits per heavy atom. The van der Waals surface area contributed by atoms with E-state index in [1.807, 2.05) is 13.8 Å². The third-order valence-corrected chi connectivity index (χ3v) is 3.77. The minimum atomic E-state index is 0.0821. The maximum atomic E-state index is 11.4. The van der Waals surface area contributed by atoms with Gasteiger partial charge in [-0.25, -0.2) is 0 Å². The van der Waals surface area contributed by atoms with Gasteiger partial charge in [0.15, 0.2) is 0 Å². The Morgan fingerprint density at radius 2 is 1.94 bits per heavy atom. The lowest BCUT2D eigenvalue weighted by molar-refractivity contribution is -0.123. The van der Waals surface area contributed by atoms with E-state index in [4.69, 9.17) is 0 Å². The van der Waals surface area contributed by atoms with Gasteiger partial charge in [0.2, 0.25) is 5.91 Å². The molecule has 3 heteroatoms. The Balaban J connectivity index is 2.21. The van der Waals surface area contributed by atoms with Crippen molar-refractivity contribution >= 4 is 5.91 Å². The van der Waals surface area contributed by atoms with Gasteiger partial charge < -0.3 is 10.6 Å². The molecule has 3 nitrogen and oxygen atoms in total. The molecule has 0 saturated heterocycles. The monoisotopic (exact) mass is 254 g/mol. The van der Waals surface area contributed by atoms with Gasteiger partial charge in [-0.2, -0.15) is 0 Å². The van der Waals surface area contributed by atoms with E-state index in [1.165, 1.54) is 19.3 Å². The van der Waals surface area contributed by atoms with E-state index < -0.39 is 0 Å². The van der Waals surface area contributed by atoms with Crippen LogP contribution in [-0.2, 0) is 4.79 Å². The fourth-order valence-electron chi connectivity index (χ4n) is 3.17. The van der Waals surface area contributed by atoms with E-state index in [-0.39, 0.29) is 11.8 Å². The zero-order valence-corrected chi connectivity index (χ0v) is 12.7. The minimum absolute atomic E-state index is 0.0821. The van der Waals surface area contributed by atoms with Gasteiger partial charge in [-0.1, -0.05) is 34.6 Å². The Morgan fingerprint density at radius 1 is 1.28 bits per heavy atom. The van der Waals surface area contributed by atoms with E-state index in [0.29, 0.717) is 11.5 Å². The summed E-state index contributed by atoms with van der Waals surface area (Å²) in [5.41, 5.74) is 0.455. The zero-order valence-electron chi connectivity index (χ0n) is 12.7. The van der Waals surface area contributed by atoms with Gasteiger partial charge in [0.1, 0.15) is 0 Å². The molecule has 1 rings (SSSR count). The fourth-order valence-corrected chi connectivity index (χ4v) is 3.17. The van der Waals surface area contributed by atoms with Crippen LogP contribution in [0.25, 0.3) is 0 Å². The first-order valence-corrected chi connectivity index (χ1v) is 7.31. The molecule has 1 aliphatic carbocycles. The minimum Gasteiger partial charge on any atom is -0.355 e. The van der Waals surface area contributed by atoms with Crippen LogP contribution in [0, 0.1) is 17.3 Å². The summed E-state index contributed by atoms with van der Waals surface area (Å²) in [7, 11) is 0. The van der Waals surface area contributed by atoms with Crippen LogP contribution in [0.5, 0.6) is 0 Å². The highest BCUT2D eigenvalue weighted by atomic mass is 16.1. The van der Waals surface area contributed by atoms with Gasteiger partial charge >= 0.3 is 0 Å². The predicted octanol–water partition coefficient (Wildman–Crippen LogP) is 2.56. The predicted molar refractivity (Wildman–Crippen MR) is 76.4 cm³/mol. The summed E-state index contributed by atoms with van der Waals surface area (Å²) >= 11 is 0. The summed E-state index contributed by atoms with van der Waals surface area (Å²) in [6.07, 6.45) is 3.84. The summed E-state index contributed by atoms with van der Waals surface area (Å²) in [4.78, 5) is 11.4. The Bertz CT molecular complexity index is 274. The number of nitrogens with one attached hydrogen (secondary N) is 2. The van der Waals surface area contributed by atoms with Gasteiger partial charge in [-0.15, -0.1) is 0 Å². The van der Waals surface area contributed by atoms with Crippen molar-refractivity contribution < 1.29 is 4.79 Å². The normalized spacial score (nSPS) is 27.2. The largest absolute Gasteiger partial charge is 0.355 e. The fraction of sp³-hybridized carbons (Fsp3) is 0.933. The Hall–Kier alpha value is -0.570. The smallest absolute Gasteiger partial charge is 0.222 e. The number of rotatable bonds is 5. The van der Waals surface area contributed by atoms with E-state index in [1.54, 1.807) is 0 Å². The number of hydrogen-bond donors (Lipinski definition) is 2. The van der Waals surface area contributed by atoms with Crippen molar-refractivity contribution in [3.05, 3.63) is 0 Å². The van der Waals surface area contributed by atoms with Crippen molar-refractivity contribution in [2.24, 2.45) is 17.3 Å². The third kappa shape index (κ3) is 5.38. The van der Waals surface area contributed by atoms with Crippen molar-refractivity contribution in [1.82, 2.24) is 10.6 Å². The molecule has 1 saturated carbocycles. The lowest BCUT2D eigenvalue weighted by Gasteiger charge is -2.39. The van der Waals surface area contributed by atoms with Gasteiger partial charge in [-0.3, -0.25) is 4.79 Å². The second-order valence-corrected chi connectivity index (χ2v) is 7.01. The molecule has 0 bridgehead atoms. The Kier molecular flexibility index (Phi) is 5.64. The second kappa shape index (κ2) is 6.55. The highest BCUT2D eigenvalue weighted by molar-refractivity contribution is 5.77. The molecule has 0 aliphatic heterocycles.